The predicted molar refractivity (Wildman–Crippen MR) is 60.2 cm³/mol. The molecule has 1 aliphatic heterocycles. The lowest BCUT2D eigenvalue weighted by Gasteiger charge is -2.49. The summed E-state index contributed by atoms with van der Waals surface area (Å²) in [6, 6.07) is 2.35. The Morgan fingerprint density at radius 2 is 2.29 bits per heavy atom. The normalized spacial score (nSPS) is 24.6. The van der Waals surface area contributed by atoms with Crippen LogP contribution in [0.2, 0.25) is 0 Å². The lowest BCUT2D eigenvalue weighted by Crippen LogP contribution is -2.55. The molecule has 3 heteroatoms. The monoisotopic (exact) mass is 257 g/mol. The second kappa shape index (κ2) is 3.70. The molecule has 1 N–H and O–H groups in total. The first-order chi connectivity index (χ1) is 6.73. The third-order valence-electron chi connectivity index (χ3n) is 3.59. The molecule has 0 radical (unpaired) electrons. The Kier molecular flexibility index (Phi) is 2.71. The van der Waals surface area contributed by atoms with Crippen LogP contribution in [-0.2, 0) is 0 Å². The van der Waals surface area contributed by atoms with Crippen LogP contribution in [0.1, 0.15) is 38.5 Å². The van der Waals surface area contributed by atoms with Gasteiger partial charge in [-0.1, -0.05) is 13.8 Å². The van der Waals surface area contributed by atoms with Crippen LogP contribution in [0.25, 0.3) is 0 Å². The van der Waals surface area contributed by atoms with Gasteiger partial charge in [-0.3, -0.25) is 0 Å². The first-order valence-corrected chi connectivity index (χ1v) is 5.99. The molecule has 78 valence electrons. The van der Waals surface area contributed by atoms with Gasteiger partial charge in [0.2, 0.25) is 0 Å². The van der Waals surface area contributed by atoms with Crippen molar-refractivity contribution in [2.45, 2.75) is 32.7 Å². The topological polar surface area (TPSA) is 25.2 Å². The molecule has 1 fully saturated rings. The summed E-state index contributed by atoms with van der Waals surface area (Å²) in [5.41, 5.74) is 0.403. The van der Waals surface area contributed by atoms with Crippen molar-refractivity contribution in [3.8, 4) is 0 Å². The number of halogens is 1. The molecule has 0 saturated carbocycles. The predicted octanol–water partition coefficient (Wildman–Crippen LogP) is 3.49. The molecule has 1 aliphatic rings. The SMILES string of the molecule is CCC1(CC)CNC1c1occc1Br. The summed E-state index contributed by atoms with van der Waals surface area (Å²) in [5, 5.41) is 3.46. The van der Waals surface area contributed by atoms with Gasteiger partial charge in [0.1, 0.15) is 5.76 Å². The highest BCUT2D eigenvalue weighted by Gasteiger charge is 2.46. The fourth-order valence-electron chi connectivity index (χ4n) is 2.28. The van der Waals surface area contributed by atoms with E-state index < -0.39 is 0 Å². The fraction of sp³-hybridized carbons (Fsp3) is 0.636. The fourth-order valence-corrected chi connectivity index (χ4v) is 2.71. The highest BCUT2D eigenvalue weighted by atomic mass is 79.9. The van der Waals surface area contributed by atoms with Gasteiger partial charge >= 0.3 is 0 Å². The Hall–Kier alpha value is -0.280. The van der Waals surface area contributed by atoms with E-state index in [1.165, 1.54) is 12.8 Å². The Morgan fingerprint density at radius 3 is 2.64 bits per heavy atom. The summed E-state index contributed by atoms with van der Waals surface area (Å²) >= 11 is 3.52. The Labute approximate surface area is 93.2 Å². The first kappa shape index (κ1) is 10.2. The molecule has 0 aliphatic carbocycles. The van der Waals surface area contributed by atoms with E-state index >= 15 is 0 Å². The average Bonchev–Trinajstić information content (AvgIpc) is 2.54. The van der Waals surface area contributed by atoms with Crippen molar-refractivity contribution in [3.05, 3.63) is 22.6 Å². The van der Waals surface area contributed by atoms with Gasteiger partial charge in [0.25, 0.3) is 0 Å². The van der Waals surface area contributed by atoms with Gasteiger partial charge in [0, 0.05) is 12.0 Å². The van der Waals surface area contributed by atoms with Gasteiger partial charge in [-0.25, -0.2) is 0 Å². The lowest BCUT2D eigenvalue weighted by molar-refractivity contribution is 0.0550. The van der Waals surface area contributed by atoms with Crippen LogP contribution in [0.15, 0.2) is 21.2 Å². The molecule has 0 bridgehead atoms. The maximum absolute atomic E-state index is 5.52. The number of nitrogens with one attached hydrogen (secondary N) is 1. The standard InChI is InChI=1S/C11H16BrNO/c1-3-11(4-2)7-13-10(11)9-8(12)5-6-14-9/h5-6,10,13H,3-4,7H2,1-2H3. The summed E-state index contributed by atoms with van der Waals surface area (Å²) in [6.45, 7) is 5.63. The second-order valence-corrected chi connectivity index (χ2v) is 4.87. The van der Waals surface area contributed by atoms with E-state index in [2.05, 4.69) is 35.1 Å². The molecule has 14 heavy (non-hydrogen) atoms. The highest BCUT2D eigenvalue weighted by Crippen LogP contribution is 2.48. The van der Waals surface area contributed by atoms with E-state index in [0.717, 1.165) is 16.8 Å². The molecule has 1 saturated heterocycles. The maximum Gasteiger partial charge on any atom is 0.135 e. The molecule has 1 aromatic heterocycles. The summed E-state index contributed by atoms with van der Waals surface area (Å²) in [5.74, 6) is 1.06. The van der Waals surface area contributed by atoms with Gasteiger partial charge in [0.05, 0.1) is 16.8 Å². The second-order valence-electron chi connectivity index (χ2n) is 4.02. The van der Waals surface area contributed by atoms with Gasteiger partial charge in [-0.15, -0.1) is 0 Å². The molecular weight excluding hydrogens is 242 g/mol. The van der Waals surface area contributed by atoms with Gasteiger partial charge in [-0.05, 0) is 34.8 Å². The van der Waals surface area contributed by atoms with E-state index in [9.17, 15) is 0 Å². The molecule has 0 amide bonds. The minimum atomic E-state index is 0.391. The van der Waals surface area contributed by atoms with E-state index in [1.54, 1.807) is 6.26 Å². The molecule has 2 heterocycles. The molecule has 1 aromatic rings. The Bertz CT molecular complexity index is 311. The van der Waals surface area contributed by atoms with Crippen molar-refractivity contribution in [2.24, 2.45) is 5.41 Å². The van der Waals surface area contributed by atoms with Crippen LogP contribution >= 0.6 is 15.9 Å². The number of furan rings is 1. The van der Waals surface area contributed by atoms with Crippen LogP contribution in [-0.4, -0.2) is 6.54 Å². The average molecular weight is 258 g/mol. The number of hydrogen-bond acceptors (Lipinski definition) is 2. The summed E-state index contributed by atoms with van der Waals surface area (Å²) in [7, 11) is 0. The van der Waals surface area contributed by atoms with Crippen LogP contribution in [0.4, 0.5) is 0 Å². The summed E-state index contributed by atoms with van der Waals surface area (Å²) in [6.07, 6.45) is 4.15. The molecule has 2 nitrogen and oxygen atoms in total. The summed E-state index contributed by atoms with van der Waals surface area (Å²) in [4.78, 5) is 0. The minimum Gasteiger partial charge on any atom is -0.466 e. The lowest BCUT2D eigenvalue weighted by atomic mass is 9.68. The third-order valence-corrected chi connectivity index (χ3v) is 4.24. The van der Waals surface area contributed by atoms with Crippen LogP contribution in [0.5, 0.6) is 0 Å². The maximum atomic E-state index is 5.52. The smallest absolute Gasteiger partial charge is 0.135 e. The van der Waals surface area contributed by atoms with E-state index in [1.807, 2.05) is 6.07 Å². The van der Waals surface area contributed by atoms with Gasteiger partial charge in [0.15, 0.2) is 0 Å². The van der Waals surface area contributed by atoms with Crippen LogP contribution in [0.3, 0.4) is 0 Å². The van der Waals surface area contributed by atoms with Crippen molar-refractivity contribution >= 4 is 15.9 Å². The van der Waals surface area contributed by atoms with E-state index in [-0.39, 0.29) is 0 Å². The molecule has 1 atom stereocenters. The first-order valence-electron chi connectivity index (χ1n) is 5.20. The molecule has 2 rings (SSSR count). The molecule has 0 spiro atoms. The van der Waals surface area contributed by atoms with Crippen molar-refractivity contribution in [2.75, 3.05) is 6.54 Å². The van der Waals surface area contributed by atoms with E-state index in [0.29, 0.717) is 11.5 Å². The van der Waals surface area contributed by atoms with Crippen molar-refractivity contribution in [1.29, 1.82) is 0 Å². The van der Waals surface area contributed by atoms with Crippen molar-refractivity contribution < 1.29 is 4.42 Å². The number of hydrogen-bond donors (Lipinski definition) is 1. The Morgan fingerprint density at radius 1 is 1.57 bits per heavy atom. The zero-order valence-corrected chi connectivity index (χ0v) is 10.2. The van der Waals surface area contributed by atoms with E-state index in [4.69, 9.17) is 4.42 Å². The molecule has 0 aromatic carbocycles. The minimum absolute atomic E-state index is 0.391. The van der Waals surface area contributed by atoms with Crippen LogP contribution in [0, 0.1) is 5.41 Å². The third kappa shape index (κ3) is 1.34. The van der Waals surface area contributed by atoms with Gasteiger partial charge < -0.3 is 9.73 Å². The van der Waals surface area contributed by atoms with Crippen molar-refractivity contribution in [1.82, 2.24) is 5.32 Å². The van der Waals surface area contributed by atoms with Crippen LogP contribution < -0.4 is 5.32 Å². The van der Waals surface area contributed by atoms with Gasteiger partial charge in [-0.2, -0.15) is 0 Å². The molecule has 1 unspecified atom stereocenters. The zero-order valence-electron chi connectivity index (χ0n) is 8.64. The van der Waals surface area contributed by atoms with Crippen molar-refractivity contribution in [3.63, 3.8) is 0 Å². The zero-order chi connectivity index (χ0) is 10.2. The highest BCUT2D eigenvalue weighted by molar-refractivity contribution is 9.10. The largest absolute Gasteiger partial charge is 0.466 e. The summed E-state index contributed by atoms with van der Waals surface area (Å²) < 4.78 is 6.60. The quantitative estimate of drug-likeness (QED) is 0.897. The molecular formula is C11H16BrNO. The number of rotatable bonds is 3. The Balaban J connectivity index is 2.25.